The van der Waals surface area contributed by atoms with Gasteiger partial charge in [-0.05, 0) is 39.0 Å². The number of carbonyl (C=O) groups excluding carboxylic acids is 6. The number of carboxylic acids is 1. The van der Waals surface area contributed by atoms with Gasteiger partial charge in [0.2, 0.25) is 35.4 Å². The van der Waals surface area contributed by atoms with Crippen molar-refractivity contribution in [3.63, 3.8) is 0 Å². The summed E-state index contributed by atoms with van der Waals surface area (Å²) in [6.45, 7) is 9.18. The number of hydrogen-bond acceptors (Lipinski definition) is 11. The Bertz CT molecular complexity index is 1070. The molecule has 9 atom stereocenters. The minimum absolute atomic E-state index is 0.0151. The fourth-order valence-electron chi connectivity index (χ4n) is 4.07. The molecule has 0 saturated heterocycles. The molecule has 0 aliphatic rings. The number of aliphatic hydroxyl groups is 3. The quantitative estimate of drug-likeness (QED) is 0.0592. The number of amides is 6. The van der Waals surface area contributed by atoms with Gasteiger partial charge in [-0.3, -0.25) is 28.8 Å². The first-order valence-corrected chi connectivity index (χ1v) is 15.0. The Labute approximate surface area is 268 Å². The van der Waals surface area contributed by atoms with E-state index in [1.165, 1.54) is 20.8 Å². The number of aliphatic carboxylic acids is 1. The Balaban J connectivity index is 5.84. The third-order valence-electron chi connectivity index (χ3n) is 7.01. The molecule has 264 valence electrons. The molecule has 0 rings (SSSR count). The van der Waals surface area contributed by atoms with E-state index in [2.05, 4.69) is 31.9 Å². The Hall–Kier alpha value is -3.87. The van der Waals surface area contributed by atoms with E-state index in [0.29, 0.717) is 6.42 Å². The van der Waals surface area contributed by atoms with Gasteiger partial charge in [-0.1, -0.05) is 34.1 Å². The lowest BCUT2D eigenvalue weighted by atomic mass is 9.99. The van der Waals surface area contributed by atoms with E-state index in [-0.39, 0.29) is 12.3 Å². The van der Waals surface area contributed by atoms with Crippen LogP contribution in [-0.4, -0.2) is 123 Å². The second kappa shape index (κ2) is 20.3. The lowest BCUT2D eigenvalue weighted by Crippen LogP contribution is -2.63. The fraction of sp³-hybridized carbons (Fsp3) is 0.750. The van der Waals surface area contributed by atoms with Crippen molar-refractivity contribution >= 4 is 41.4 Å². The molecule has 0 aromatic heterocycles. The lowest BCUT2D eigenvalue weighted by molar-refractivity contribution is -0.144. The molecule has 0 radical (unpaired) electrons. The van der Waals surface area contributed by atoms with Gasteiger partial charge >= 0.3 is 5.97 Å². The number of nitrogens with one attached hydrogen (secondary N) is 6. The topological polar surface area (TPSA) is 299 Å². The number of rotatable bonds is 20. The number of nitrogens with two attached hydrogens (primary N) is 1. The average molecular weight is 662 g/mol. The average Bonchev–Trinajstić information content (AvgIpc) is 2.97. The van der Waals surface area contributed by atoms with E-state index in [4.69, 9.17) is 5.73 Å². The van der Waals surface area contributed by atoms with E-state index in [1.807, 2.05) is 0 Å². The summed E-state index contributed by atoms with van der Waals surface area (Å²) >= 11 is 0. The molecule has 0 bridgehead atoms. The summed E-state index contributed by atoms with van der Waals surface area (Å²) in [7, 11) is 0. The first-order valence-electron chi connectivity index (χ1n) is 15.0. The predicted octanol–water partition coefficient (Wildman–Crippen LogP) is -4.20. The van der Waals surface area contributed by atoms with Gasteiger partial charge < -0.3 is 58.1 Å². The van der Waals surface area contributed by atoms with Crippen LogP contribution < -0.4 is 37.6 Å². The van der Waals surface area contributed by atoms with Crippen LogP contribution in [0.2, 0.25) is 0 Å². The van der Waals surface area contributed by atoms with E-state index in [1.54, 1.807) is 27.7 Å². The van der Waals surface area contributed by atoms with Gasteiger partial charge in [-0.2, -0.15) is 0 Å². The summed E-state index contributed by atoms with van der Waals surface area (Å²) < 4.78 is 0. The van der Waals surface area contributed by atoms with Gasteiger partial charge in [-0.15, -0.1) is 0 Å². The van der Waals surface area contributed by atoms with E-state index >= 15 is 0 Å². The highest BCUT2D eigenvalue weighted by atomic mass is 16.4. The predicted molar refractivity (Wildman–Crippen MR) is 163 cm³/mol. The minimum Gasteiger partial charge on any atom is -0.480 e. The van der Waals surface area contributed by atoms with Gasteiger partial charge in [0.15, 0.2) is 0 Å². The van der Waals surface area contributed by atoms with Gasteiger partial charge in [0, 0.05) is 0 Å². The maximum Gasteiger partial charge on any atom is 0.326 e. The van der Waals surface area contributed by atoms with Crippen molar-refractivity contribution in [3.8, 4) is 0 Å². The molecule has 0 aromatic carbocycles. The zero-order chi connectivity index (χ0) is 35.9. The molecule has 18 nitrogen and oxygen atoms in total. The van der Waals surface area contributed by atoms with Crippen LogP contribution in [0.1, 0.15) is 61.3 Å². The van der Waals surface area contributed by atoms with Gasteiger partial charge in [0.05, 0.1) is 25.4 Å². The fourth-order valence-corrected chi connectivity index (χ4v) is 4.07. The van der Waals surface area contributed by atoms with E-state index < -0.39 is 109 Å². The molecule has 46 heavy (non-hydrogen) atoms. The second-order valence-corrected chi connectivity index (χ2v) is 11.6. The Morgan fingerprint density at radius 2 is 1.07 bits per heavy atom. The number of carboxylic acid groups (broad SMARTS) is 1. The molecule has 0 unspecified atom stereocenters. The second-order valence-electron chi connectivity index (χ2n) is 11.6. The monoisotopic (exact) mass is 661 g/mol. The minimum atomic E-state index is -1.69. The van der Waals surface area contributed by atoms with Crippen molar-refractivity contribution in [1.82, 2.24) is 31.9 Å². The van der Waals surface area contributed by atoms with Crippen LogP contribution in [0, 0.1) is 11.8 Å². The molecule has 18 heteroatoms. The molecule has 6 amide bonds. The van der Waals surface area contributed by atoms with Crippen LogP contribution in [-0.2, 0) is 33.6 Å². The molecule has 12 N–H and O–H groups in total. The standard InChI is InChI=1S/C28H51N7O11/c1-8-13(4)20(28(45)46)33-25(42)18(11-36)32-24(41)17(9-12(2)3)31-26(43)21(15(6)37)35-27(44)22(16(7)38)34-23(40)14(5)30-19(39)10-29/h12-18,20-22,36-38H,8-11,29H2,1-7H3,(H,30,39)(H,31,43)(H,32,41)(H,33,42)(H,34,40)(H,35,44)(H,45,46)/t13-,14-,15+,16+,17-,18-,20-,21-,22-/m0/s1. The van der Waals surface area contributed by atoms with E-state index in [0.717, 1.165) is 0 Å². The van der Waals surface area contributed by atoms with Gasteiger partial charge in [0.25, 0.3) is 0 Å². The Morgan fingerprint density at radius 3 is 1.48 bits per heavy atom. The molecule has 0 aliphatic carbocycles. The highest BCUT2D eigenvalue weighted by Crippen LogP contribution is 2.10. The van der Waals surface area contributed by atoms with Crippen LogP contribution in [0.15, 0.2) is 0 Å². The van der Waals surface area contributed by atoms with Crippen molar-refractivity contribution < 1.29 is 54.0 Å². The normalized spacial score (nSPS) is 17.0. The van der Waals surface area contributed by atoms with Crippen molar-refractivity contribution in [2.75, 3.05) is 13.2 Å². The van der Waals surface area contributed by atoms with Crippen molar-refractivity contribution in [2.24, 2.45) is 17.6 Å². The molecular formula is C28H51N7O11. The Kier molecular flexibility index (Phi) is 18.6. The number of hydrogen-bond donors (Lipinski definition) is 11. The summed E-state index contributed by atoms with van der Waals surface area (Å²) in [6, 6.07) is -8.63. The van der Waals surface area contributed by atoms with Crippen LogP contribution in [0.5, 0.6) is 0 Å². The third kappa shape index (κ3) is 14.1. The molecule has 0 saturated carbocycles. The van der Waals surface area contributed by atoms with E-state index in [9.17, 15) is 54.0 Å². The van der Waals surface area contributed by atoms with Crippen LogP contribution in [0.25, 0.3) is 0 Å². The molecule has 0 fully saturated rings. The third-order valence-corrected chi connectivity index (χ3v) is 7.01. The van der Waals surface area contributed by atoms with Crippen molar-refractivity contribution in [2.45, 2.75) is 110 Å². The smallest absolute Gasteiger partial charge is 0.326 e. The maximum atomic E-state index is 13.2. The van der Waals surface area contributed by atoms with Crippen LogP contribution in [0.3, 0.4) is 0 Å². The largest absolute Gasteiger partial charge is 0.480 e. The summed E-state index contributed by atoms with van der Waals surface area (Å²) in [6.07, 6.45) is -2.58. The summed E-state index contributed by atoms with van der Waals surface area (Å²) in [5, 5.41) is 53.5. The molecular weight excluding hydrogens is 610 g/mol. The van der Waals surface area contributed by atoms with Crippen molar-refractivity contribution in [1.29, 1.82) is 0 Å². The highest BCUT2D eigenvalue weighted by molar-refractivity contribution is 5.97. The zero-order valence-electron chi connectivity index (χ0n) is 27.3. The van der Waals surface area contributed by atoms with Crippen LogP contribution >= 0.6 is 0 Å². The summed E-state index contributed by atoms with van der Waals surface area (Å²) in [5.74, 6) is -7.43. The molecule has 0 spiro atoms. The number of carbonyl (C=O) groups is 7. The van der Waals surface area contributed by atoms with Gasteiger partial charge in [0.1, 0.15) is 36.3 Å². The summed E-state index contributed by atoms with van der Waals surface area (Å²) in [5.41, 5.74) is 5.21. The molecule has 0 heterocycles. The van der Waals surface area contributed by atoms with Gasteiger partial charge in [-0.25, -0.2) is 4.79 Å². The van der Waals surface area contributed by atoms with Crippen LogP contribution in [0.4, 0.5) is 0 Å². The first-order chi connectivity index (χ1) is 21.3. The molecule has 0 aliphatic heterocycles. The first kappa shape index (κ1) is 42.1. The highest BCUT2D eigenvalue weighted by Gasteiger charge is 2.36. The summed E-state index contributed by atoms with van der Waals surface area (Å²) in [4.78, 5) is 87.8. The SMILES string of the molecule is CC[C@H](C)[C@H](NC(=O)[C@H](CO)NC(=O)[C@H](CC(C)C)NC(=O)[C@@H](NC(=O)[C@@H](NC(=O)[C@H](C)NC(=O)CN)[C@@H](C)O)[C@@H](C)O)C(=O)O. The zero-order valence-corrected chi connectivity index (χ0v) is 27.3. The number of aliphatic hydroxyl groups excluding tert-OH is 3. The maximum absolute atomic E-state index is 13.2. The van der Waals surface area contributed by atoms with Crippen molar-refractivity contribution in [3.05, 3.63) is 0 Å². The Morgan fingerprint density at radius 1 is 0.630 bits per heavy atom. The molecule has 0 aromatic rings. The lowest BCUT2D eigenvalue weighted by Gasteiger charge is -2.29.